The zero-order chi connectivity index (χ0) is 20.5. The molecule has 0 bridgehead atoms. The summed E-state index contributed by atoms with van der Waals surface area (Å²) in [5, 5.41) is 12.0. The molecule has 2 aliphatic rings. The zero-order valence-electron chi connectivity index (χ0n) is 17.0. The number of piperidine rings is 1. The highest BCUT2D eigenvalue weighted by molar-refractivity contribution is 9.09. The van der Waals surface area contributed by atoms with E-state index in [2.05, 4.69) is 52.2 Å². The molecule has 154 valence electrons. The minimum atomic E-state index is -0.0892. The van der Waals surface area contributed by atoms with E-state index in [0.717, 1.165) is 48.8 Å². The van der Waals surface area contributed by atoms with Crippen LogP contribution >= 0.6 is 15.9 Å². The molecule has 4 rings (SSSR count). The third kappa shape index (κ3) is 3.54. The number of aryl methyl sites for hydroxylation is 1. The number of ether oxygens (including phenoxy) is 1. The minimum Gasteiger partial charge on any atom is -0.469 e. The van der Waals surface area contributed by atoms with Gasteiger partial charge in [-0.1, -0.05) is 41.1 Å². The molecule has 0 unspecified atom stereocenters. The number of hydrogen-bond donors (Lipinski definition) is 1. The number of carbonyl (C=O) groups excluding carboxylic acids is 1. The molecule has 2 aromatic rings. The number of nitrogens with one attached hydrogen (secondary N) is 1. The van der Waals surface area contributed by atoms with Crippen LogP contribution in [0.4, 0.5) is 0 Å². The van der Waals surface area contributed by atoms with Crippen LogP contribution in [0.15, 0.2) is 24.3 Å². The Morgan fingerprint density at radius 2 is 2.17 bits per heavy atom. The number of halogens is 1. The van der Waals surface area contributed by atoms with Crippen molar-refractivity contribution in [3.63, 3.8) is 0 Å². The summed E-state index contributed by atoms with van der Waals surface area (Å²) in [6.45, 7) is 2.89. The summed E-state index contributed by atoms with van der Waals surface area (Å²) < 4.78 is 5.18. The number of fused-ring (bicyclic) bond motifs is 2. The number of nitriles is 1. The van der Waals surface area contributed by atoms with Gasteiger partial charge in [-0.25, -0.2) is 0 Å². The largest absolute Gasteiger partial charge is 0.469 e. The number of para-hydroxylation sites is 1. The van der Waals surface area contributed by atoms with Crippen LogP contribution in [0.25, 0.3) is 10.9 Å². The number of likely N-dealkylation sites (tertiary alicyclic amines) is 1. The number of hydrogen-bond acceptors (Lipinski definition) is 4. The second-order valence-corrected chi connectivity index (χ2v) is 9.33. The van der Waals surface area contributed by atoms with E-state index in [9.17, 15) is 10.1 Å². The van der Waals surface area contributed by atoms with E-state index in [4.69, 9.17) is 4.74 Å². The second-order valence-electron chi connectivity index (χ2n) is 8.53. The minimum absolute atomic E-state index is 0.0276. The third-order valence-electron chi connectivity index (χ3n) is 7.10. The predicted molar refractivity (Wildman–Crippen MR) is 116 cm³/mol. The number of nitrogens with zero attached hydrogens (tertiary/aromatic N) is 2. The van der Waals surface area contributed by atoms with E-state index < -0.39 is 0 Å². The first-order valence-corrected chi connectivity index (χ1v) is 11.6. The average molecular weight is 458 g/mol. The van der Waals surface area contributed by atoms with Gasteiger partial charge in [-0.05, 0) is 55.1 Å². The SMILES string of the molecule is COC(=O)[C@@H]1[C@H]2C[C@@H](c3[nH]c4ccccc4c3CCBr)N(C#N)C[C@@H]2CC[C@@H]1C. The van der Waals surface area contributed by atoms with Gasteiger partial charge in [0, 0.05) is 28.5 Å². The van der Waals surface area contributed by atoms with Crippen molar-refractivity contribution in [1.29, 1.82) is 5.26 Å². The van der Waals surface area contributed by atoms with Crippen LogP contribution in [0.2, 0.25) is 0 Å². The third-order valence-corrected chi connectivity index (χ3v) is 7.50. The van der Waals surface area contributed by atoms with Crippen LogP contribution in [0.3, 0.4) is 0 Å². The number of esters is 1. The maximum atomic E-state index is 12.6. The van der Waals surface area contributed by atoms with E-state index in [0.29, 0.717) is 11.8 Å². The Kier molecular flexibility index (Phi) is 5.87. The fourth-order valence-electron chi connectivity index (χ4n) is 5.71. The van der Waals surface area contributed by atoms with E-state index in [1.807, 2.05) is 11.0 Å². The lowest BCUT2D eigenvalue weighted by molar-refractivity contribution is -0.154. The molecule has 5 nitrogen and oxygen atoms in total. The zero-order valence-corrected chi connectivity index (χ0v) is 18.6. The summed E-state index contributed by atoms with van der Waals surface area (Å²) >= 11 is 3.59. The first-order valence-electron chi connectivity index (χ1n) is 10.5. The van der Waals surface area contributed by atoms with Crippen molar-refractivity contribution in [1.82, 2.24) is 9.88 Å². The van der Waals surface area contributed by atoms with Crippen LogP contribution in [0.5, 0.6) is 0 Å². The molecule has 1 aromatic carbocycles. The van der Waals surface area contributed by atoms with Gasteiger partial charge in [0.25, 0.3) is 0 Å². The summed E-state index contributed by atoms with van der Waals surface area (Å²) in [6.07, 6.45) is 6.26. The maximum absolute atomic E-state index is 12.6. The van der Waals surface area contributed by atoms with Gasteiger partial charge in [-0.3, -0.25) is 4.79 Å². The van der Waals surface area contributed by atoms with Crippen LogP contribution in [-0.2, 0) is 16.0 Å². The van der Waals surface area contributed by atoms with E-state index in [-0.39, 0.29) is 23.8 Å². The molecular weight excluding hydrogens is 430 g/mol. The lowest BCUT2D eigenvalue weighted by atomic mass is 9.63. The van der Waals surface area contributed by atoms with Gasteiger partial charge in [0.2, 0.25) is 0 Å². The fraction of sp³-hybridized carbons (Fsp3) is 0.565. The highest BCUT2D eigenvalue weighted by atomic mass is 79.9. The van der Waals surface area contributed by atoms with Gasteiger partial charge in [-0.2, -0.15) is 5.26 Å². The lowest BCUT2D eigenvalue weighted by Gasteiger charge is -2.48. The average Bonchev–Trinajstić information content (AvgIpc) is 3.11. The molecule has 1 saturated carbocycles. The molecule has 2 heterocycles. The Bertz CT molecular complexity index is 934. The molecule has 1 aromatic heterocycles. The van der Waals surface area contributed by atoms with E-state index in [1.54, 1.807) is 0 Å². The van der Waals surface area contributed by atoms with Gasteiger partial charge in [-0.15, -0.1) is 0 Å². The Balaban J connectivity index is 1.75. The van der Waals surface area contributed by atoms with Gasteiger partial charge >= 0.3 is 5.97 Å². The fourth-order valence-corrected chi connectivity index (χ4v) is 6.11. The highest BCUT2D eigenvalue weighted by Gasteiger charge is 2.48. The number of aromatic nitrogens is 1. The monoisotopic (exact) mass is 457 g/mol. The molecule has 1 aliphatic carbocycles. The van der Waals surface area contributed by atoms with Crippen molar-refractivity contribution in [3.8, 4) is 6.19 Å². The van der Waals surface area contributed by atoms with Crippen molar-refractivity contribution >= 4 is 32.8 Å². The summed E-state index contributed by atoms with van der Waals surface area (Å²) in [5.41, 5.74) is 3.52. The molecule has 0 radical (unpaired) electrons. The quantitative estimate of drug-likeness (QED) is 0.407. The van der Waals surface area contributed by atoms with Crippen molar-refractivity contribution in [2.75, 3.05) is 19.0 Å². The second kappa shape index (κ2) is 8.39. The number of alkyl halides is 1. The number of aromatic amines is 1. The molecule has 29 heavy (non-hydrogen) atoms. The Hall–Kier alpha value is -2.00. The smallest absolute Gasteiger partial charge is 0.309 e. The molecule has 1 saturated heterocycles. The van der Waals surface area contributed by atoms with Gasteiger partial charge in [0.1, 0.15) is 0 Å². The molecular formula is C23H28BrN3O2. The lowest BCUT2D eigenvalue weighted by Crippen LogP contribution is -2.49. The maximum Gasteiger partial charge on any atom is 0.309 e. The number of rotatable bonds is 4. The number of methoxy groups -OCH3 is 1. The predicted octanol–water partition coefficient (Wildman–Crippen LogP) is 4.78. The van der Waals surface area contributed by atoms with Crippen LogP contribution in [-0.4, -0.2) is 34.8 Å². The number of carbonyl (C=O) groups is 1. The van der Waals surface area contributed by atoms with Crippen molar-refractivity contribution < 1.29 is 9.53 Å². The molecule has 0 amide bonds. The van der Waals surface area contributed by atoms with E-state index >= 15 is 0 Å². The Morgan fingerprint density at radius 3 is 2.90 bits per heavy atom. The number of benzene rings is 1. The normalized spacial score (nSPS) is 29.3. The van der Waals surface area contributed by atoms with Gasteiger partial charge < -0.3 is 14.6 Å². The Labute approximate surface area is 180 Å². The van der Waals surface area contributed by atoms with Gasteiger partial charge in [0.15, 0.2) is 6.19 Å². The van der Waals surface area contributed by atoms with Crippen molar-refractivity contribution in [2.24, 2.45) is 23.7 Å². The van der Waals surface area contributed by atoms with Crippen molar-refractivity contribution in [2.45, 2.75) is 38.6 Å². The summed E-state index contributed by atoms with van der Waals surface area (Å²) in [6, 6.07) is 8.32. The molecule has 1 N–H and O–H groups in total. The van der Waals surface area contributed by atoms with Gasteiger partial charge in [0.05, 0.1) is 19.1 Å². The van der Waals surface area contributed by atoms with Crippen LogP contribution < -0.4 is 0 Å². The molecule has 5 atom stereocenters. The number of H-pyrrole nitrogens is 1. The van der Waals surface area contributed by atoms with Crippen molar-refractivity contribution in [3.05, 3.63) is 35.5 Å². The summed E-state index contributed by atoms with van der Waals surface area (Å²) in [5.74, 6) is 0.779. The summed E-state index contributed by atoms with van der Waals surface area (Å²) in [4.78, 5) is 18.2. The first kappa shape index (κ1) is 20.3. The summed E-state index contributed by atoms with van der Waals surface area (Å²) in [7, 11) is 1.49. The van der Waals surface area contributed by atoms with Crippen LogP contribution in [0.1, 0.15) is 43.5 Å². The first-order chi connectivity index (χ1) is 14.1. The van der Waals surface area contributed by atoms with Crippen LogP contribution in [0, 0.1) is 35.1 Å². The highest BCUT2D eigenvalue weighted by Crippen LogP contribution is 2.49. The van der Waals surface area contributed by atoms with E-state index in [1.165, 1.54) is 18.1 Å². The molecule has 2 fully saturated rings. The molecule has 0 spiro atoms. The molecule has 1 aliphatic heterocycles. The topological polar surface area (TPSA) is 69.1 Å². The Morgan fingerprint density at radius 1 is 1.38 bits per heavy atom. The molecule has 6 heteroatoms. The standard InChI is InChI=1S/C23H28BrN3O2/c1-14-7-8-15-12-27(13-25)20(11-18(15)21(14)23(28)29-2)22-17(9-10-24)16-5-3-4-6-19(16)26-22/h3-6,14-15,18,20-21,26H,7-12H2,1-2H3/t14-,15-,18-,20-,21-/m0/s1.